The zero-order valence-corrected chi connectivity index (χ0v) is 19.7. The molecule has 1 unspecified atom stereocenters. The minimum absolute atomic E-state index is 0.251. The molecule has 0 radical (unpaired) electrons. The van der Waals surface area contributed by atoms with Crippen molar-refractivity contribution in [3.63, 3.8) is 0 Å². The van der Waals surface area contributed by atoms with E-state index in [1.165, 1.54) is 6.92 Å². The van der Waals surface area contributed by atoms with Crippen molar-refractivity contribution >= 4 is 23.7 Å². The lowest BCUT2D eigenvalue weighted by molar-refractivity contribution is -0.143. The summed E-state index contributed by atoms with van der Waals surface area (Å²) in [7, 11) is 0. The number of aromatic nitrogens is 1. The van der Waals surface area contributed by atoms with Gasteiger partial charge in [-0.3, -0.25) is 9.79 Å². The average Bonchev–Trinajstić information content (AvgIpc) is 3.27. The van der Waals surface area contributed by atoms with E-state index in [2.05, 4.69) is 18.8 Å². The van der Waals surface area contributed by atoms with Crippen molar-refractivity contribution in [3.8, 4) is 0 Å². The second-order valence-corrected chi connectivity index (χ2v) is 8.76. The van der Waals surface area contributed by atoms with E-state index in [0.29, 0.717) is 25.0 Å². The van der Waals surface area contributed by atoms with Crippen molar-refractivity contribution in [2.45, 2.75) is 60.5 Å². The molecule has 1 aromatic heterocycles. The molecule has 0 aliphatic carbocycles. The number of hydrogen-bond acceptors (Lipinski definition) is 5. The largest absolute Gasteiger partial charge is 0.462 e. The number of ether oxygens (including phenoxy) is 2. The van der Waals surface area contributed by atoms with Gasteiger partial charge in [-0.25, -0.2) is 4.79 Å². The van der Waals surface area contributed by atoms with E-state index in [1.807, 2.05) is 44.2 Å². The fourth-order valence-corrected chi connectivity index (χ4v) is 4.01. The Balaban J connectivity index is 2.01. The average molecular weight is 437 g/mol. The van der Waals surface area contributed by atoms with Crippen LogP contribution in [0, 0.1) is 12.3 Å². The van der Waals surface area contributed by atoms with Crippen LogP contribution in [0.1, 0.15) is 79.9 Å². The fraction of sp³-hybridized carbons (Fsp3) is 0.423. The van der Waals surface area contributed by atoms with Crippen LogP contribution < -0.4 is 0 Å². The van der Waals surface area contributed by atoms with Crippen LogP contribution in [0.25, 0.3) is 6.08 Å². The van der Waals surface area contributed by atoms with Gasteiger partial charge in [-0.2, -0.15) is 0 Å². The Hall–Kier alpha value is -3.15. The summed E-state index contributed by atoms with van der Waals surface area (Å²) in [6.07, 6.45) is 4.52. The van der Waals surface area contributed by atoms with Gasteiger partial charge in [0, 0.05) is 36.3 Å². The molecule has 0 bridgehead atoms. The van der Waals surface area contributed by atoms with Crippen LogP contribution in [-0.2, 0) is 20.7 Å². The number of carbonyl (C=O) groups excluding carboxylic acids is 2. The van der Waals surface area contributed by atoms with Gasteiger partial charge in [0.25, 0.3) is 0 Å². The Morgan fingerprint density at radius 2 is 1.91 bits per heavy atom. The molecule has 6 heteroatoms. The predicted molar refractivity (Wildman–Crippen MR) is 126 cm³/mol. The van der Waals surface area contributed by atoms with Crippen LogP contribution in [0.4, 0.5) is 0 Å². The van der Waals surface area contributed by atoms with E-state index in [4.69, 9.17) is 14.5 Å². The lowest BCUT2D eigenvalue weighted by atomic mass is 9.84. The van der Waals surface area contributed by atoms with Crippen LogP contribution >= 0.6 is 0 Å². The molecule has 1 atom stereocenters. The van der Waals surface area contributed by atoms with E-state index in [9.17, 15) is 9.59 Å². The number of aliphatic imine (C=N–C) groups is 1. The SMILES string of the molecule is CCOC(=O)c1c[nH]c(/C=C2\N=C(C(OC(C)=O)c3ccc(C)cc3)CC2(C)C)c1CC. The first-order valence-electron chi connectivity index (χ1n) is 11.1. The number of nitrogens with one attached hydrogen (secondary N) is 1. The van der Waals surface area contributed by atoms with Crippen molar-refractivity contribution in [2.75, 3.05) is 6.61 Å². The first-order chi connectivity index (χ1) is 15.2. The maximum absolute atomic E-state index is 12.3. The number of benzene rings is 1. The summed E-state index contributed by atoms with van der Waals surface area (Å²) in [4.78, 5) is 32.3. The number of hydrogen-bond donors (Lipinski definition) is 1. The van der Waals surface area contributed by atoms with Gasteiger partial charge >= 0.3 is 11.9 Å². The van der Waals surface area contributed by atoms with Gasteiger partial charge in [-0.15, -0.1) is 0 Å². The lowest BCUT2D eigenvalue weighted by Crippen LogP contribution is -2.20. The maximum Gasteiger partial charge on any atom is 0.339 e. The molecule has 0 spiro atoms. The molecule has 0 amide bonds. The van der Waals surface area contributed by atoms with E-state index in [-0.39, 0.29) is 17.4 Å². The van der Waals surface area contributed by atoms with Crippen molar-refractivity contribution in [2.24, 2.45) is 10.4 Å². The second kappa shape index (κ2) is 9.55. The van der Waals surface area contributed by atoms with Gasteiger partial charge in [0.1, 0.15) is 0 Å². The molecule has 1 aliphatic rings. The van der Waals surface area contributed by atoms with Crippen molar-refractivity contribution < 1.29 is 19.1 Å². The lowest BCUT2D eigenvalue weighted by Gasteiger charge is -2.21. The molecule has 0 saturated heterocycles. The highest BCUT2D eigenvalue weighted by Gasteiger charge is 2.37. The number of nitrogens with zero attached hydrogens (tertiary/aromatic N) is 1. The van der Waals surface area contributed by atoms with Crippen molar-refractivity contribution in [1.29, 1.82) is 0 Å². The summed E-state index contributed by atoms with van der Waals surface area (Å²) in [5.74, 6) is -0.667. The van der Waals surface area contributed by atoms with E-state index in [1.54, 1.807) is 13.1 Å². The number of esters is 2. The molecule has 1 aliphatic heterocycles. The molecule has 0 fully saturated rings. The van der Waals surface area contributed by atoms with Crippen LogP contribution in [0.2, 0.25) is 0 Å². The number of aryl methyl sites for hydroxylation is 1. The number of allylic oxidation sites excluding steroid dienone is 1. The highest BCUT2D eigenvalue weighted by Crippen LogP contribution is 2.42. The third-order valence-electron chi connectivity index (χ3n) is 5.70. The third kappa shape index (κ3) is 5.01. The Kier molecular flexibility index (Phi) is 7.02. The molecule has 170 valence electrons. The molecular formula is C26H32N2O4. The summed E-state index contributed by atoms with van der Waals surface area (Å²) >= 11 is 0. The number of carbonyl (C=O) groups is 2. The van der Waals surface area contributed by atoms with Gasteiger partial charge < -0.3 is 14.5 Å². The van der Waals surface area contributed by atoms with Crippen LogP contribution in [0.3, 0.4) is 0 Å². The normalized spacial score (nSPS) is 17.2. The smallest absolute Gasteiger partial charge is 0.339 e. The van der Waals surface area contributed by atoms with Crippen molar-refractivity contribution in [1.82, 2.24) is 4.98 Å². The molecule has 32 heavy (non-hydrogen) atoms. The predicted octanol–water partition coefficient (Wildman–Crippen LogP) is 5.58. The molecule has 1 N–H and O–H groups in total. The van der Waals surface area contributed by atoms with E-state index < -0.39 is 6.10 Å². The Labute approximate surface area is 189 Å². The third-order valence-corrected chi connectivity index (χ3v) is 5.70. The molecule has 0 saturated carbocycles. The monoisotopic (exact) mass is 436 g/mol. The summed E-state index contributed by atoms with van der Waals surface area (Å²) in [6, 6.07) is 7.97. The molecular weight excluding hydrogens is 404 g/mol. The van der Waals surface area contributed by atoms with Gasteiger partial charge in [0.15, 0.2) is 6.10 Å². The van der Waals surface area contributed by atoms with Crippen LogP contribution in [0.5, 0.6) is 0 Å². The van der Waals surface area contributed by atoms with E-state index >= 15 is 0 Å². The summed E-state index contributed by atoms with van der Waals surface area (Å²) in [5.41, 5.74) is 5.80. The fourth-order valence-electron chi connectivity index (χ4n) is 4.01. The summed E-state index contributed by atoms with van der Waals surface area (Å²) < 4.78 is 10.9. The summed E-state index contributed by atoms with van der Waals surface area (Å²) in [6.45, 7) is 11.8. The molecule has 1 aromatic carbocycles. The van der Waals surface area contributed by atoms with Gasteiger partial charge in [0.05, 0.1) is 17.9 Å². The quantitative estimate of drug-likeness (QED) is 0.575. The first-order valence-corrected chi connectivity index (χ1v) is 11.1. The highest BCUT2D eigenvalue weighted by atomic mass is 16.5. The van der Waals surface area contributed by atoms with Crippen LogP contribution in [0.15, 0.2) is 41.2 Å². The zero-order valence-electron chi connectivity index (χ0n) is 19.7. The summed E-state index contributed by atoms with van der Waals surface area (Å²) in [5, 5.41) is 0. The first kappa shape index (κ1) is 23.5. The topological polar surface area (TPSA) is 80.8 Å². The Bertz CT molecular complexity index is 1060. The molecule has 6 nitrogen and oxygen atoms in total. The van der Waals surface area contributed by atoms with E-state index in [0.717, 1.165) is 33.8 Å². The molecule has 3 rings (SSSR count). The van der Waals surface area contributed by atoms with Gasteiger partial charge in [-0.1, -0.05) is 50.6 Å². The second-order valence-electron chi connectivity index (χ2n) is 8.76. The van der Waals surface area contributed by atoms with Crippen LogP contribution in [-0.4, -0.2) is 29.2 Å². The number of H-pyrrole nitrogens is 1. The molecule has 2 aromatic rings. The maximum atomic E-state index is 12.3. The Morgan fingerprint density at radius 3 is 2.50 bits per heavy atom. The molecule has 2 heterocycles. The Morgan fingerprint density at radius 1 is 1.22 bits per heavy atom. The standard InChI is InChI=1S/C26H32N2O4/c1-7-19-20(25(30)31-8-2)15-27-21(19)13-23-26(5,6)14-22(28-23)24(32-17(4)29)18-11-9-16(3)10-12-18/h9-13,15,24,27H,7-8,14H2,1-6H3/b23-13-. The number of rotatable bonds is 7. The van der Waals surface area contributed by atoms with Gasteiger partial charge in [0.2, 0.25) is 0 Å². The minimum Gasteiger partial charge on any atom is -0.462 e. The highest BCUT2D eigenvalue weighted by molar-refractivity contribution is 5.96. The van der Waals surface area contributed by atoms with Gasteiger partial charge in [-0.05, 0) is 37.5 Å². The van der Waals surface area contributed by atoms with Crippen molar-refractivity contribution in [3.05, 3.63) is 64.1 Å². The number of aromatic amines is 1. The zero-order chi connectivity index (χ0) is 23.5. The minimum atomic E-state index is -0.525.